The second-order valence-corrected chi connectivity index (χ2v) is 8.18. The third-order valence-corrected chi connectivity index (χ3v) is 6.24. The van der Waals surface area contributed by atoms with Crippen LogP contribution in [-0.2, 0) is 4.74 Å². The van der Waals surface area contributed by atoms with E-state index in [-0.39, 0.29) is 22.2 Å². The predicted octanol–water partition coefficient (Wildman–Crippen LogP) is 7.29. The molecule has 166 valence electrons. The van der Waals surface area contributed by atoms with Gasteiger partial charge in [-0.05, 0) is 43.3 Å². The number of aromatic nitrogens is 1. The first-order chi connectivity index (χ1) is 15.9. The maximum atomic E-state index is 13.4. The summed E-state index contributed by atoms with van der Waals surface area (Å²) >= 11 is 18.7. The molecule has 0 fully saturated rings. The molecular formula is C25H17Cl3N2O3. The molecule has 1 N–H and O–H groups in total. The summed E-state index contributed by atoms with van der Waals surface area (Å²) < 4.78 is 5.10. The standard InChI is InChI=1S/C25H17Cl3N2O3/c1-2-33-25(32)16-8-4-6-10-20(16)30-24(31)17-13-21(29-19-9-5-3-7-14(17)19)15-11-12-18(26)23(28)22(15)27/h3-13H,2H2,1H3,(H,30,31). The summed E-state index contributed by atoms with van der Waals surface area (Å²) in [6.07, 6.45) is 0. The van der Waals surface area contributed by atoms with E-state index in [1.165, 1.54) is 0 Å². The summed E-state index contributed by atoms with van der Waals surface area (Å²) in [5, 5.41) is 4.24. The number of nitrogens with one attached hydrogen (secondary N) is 1. The van der Waals surface area contributed by atoms with Crippen LogP contribution in [0.15, 0.2) is 66.7 Å². The molecule has 4 rings (SSSR count). The first-order valence-electron chi connectivity index (χ1n) is 10.0. The van der Waals surface area contributed by atoms with Crippen molar-refractivity contribution >= 4 is 63.3 Å². The van der Waals surface area contributed by atoms with E-state index in [0.29, 0.717) is 38.4 Å². The number of benzene rings is 3. The van der Waals surface area contributed by atoms with Crippen molar-refractivity contribution < 1.29 is 14.3 Å². The Kier molecular flexibility index (Phi) is 6.84. The maximum absolute atomic E-state index is 13.4. The summed E-state index contributed by atoms with van der Waals surface area (Å²) in [5.41, 5.74) is 2.56. The topological polar surface area (TPSA) is 68.3 Å². The Morgan fingerprint density at radius 2 is 1.64 bits per heavy atom. The summed E-state index contributed by atoms with van der Waals surface area (Å²) in [6, 6.07) is 18.9. The van der Waals surface area contributed by atoms with Gasteiger partial charge < -0.3 is 10.1 Å². The average molecular weight is 500 g/mol. The zero-order valence-electron chi connectivity index (χ0n) is 17.4. The first kappa shape index (κ1) is 23.1. The second kappa shape index (κ2) is 9.79. The van der Waals surface area contributed by atoms with Crippen LogP contribution in [-0.4, -0.2) is 23.5 Å². The van der Waals surface area contributed by atoms with Crippen molar-refractivity contribution in [3.63, 3.8) is 0 Å². The Balaban J connectivity index is 1.81. The number of carbonyl (C=O) groups is 2. The molecule has 0 radical (unpaired) electrons. The fourth-order valence-corrected chi connectivity index (χ4v) is 4.03. The lowest BCUT2D eigenvalue weighted by Crippen LogP contribution is -2.16. The van der Waals surface area contributed by atoms with Crippen molar-refractivity contribution in [2.45, 2.75) is 6.92 Å². The number of hydrogen-bond acceptors (Lipinski definition) is 4. The molecule has 0 spiro atoms. The lowest BCUT2D eigenvalue weighted by molar-refractivity contribution is 0.0527. The van der Waals surface area contributed by atoms with Crippen molar-refractivity contribution in [2.24, 2.45) is 0 Å². The van der Waals surface area contributed by atoms with Crippen LogP contribution >= 0.6 is 34.8 Å². The Labute approximate surface area is 205 Å². The fraction of sp³-hybridized carbons (Fsp3) is 0.0800. The molecule has 0 bridgehead atoms. The number of nitrogens with zero attached hydrogens (tertiary/aromatic N) is 1. The third kappa shape index (κ3) is 4.67. The summed E-state index contributed by atoms with van der Waals surface area (Å²) in [4.78, 5) is 30.3. The minimum Gasteiger partial charge on any atom is -0.462 e. The molecule has 8 heteroatoms. The van der Waals surface area contributed by atoms with Crippen LogP contribution in [0.1, 0.15) is 27.6 Å². The van der Waals surface area contributed by atoms with Crippen molar-refractivity contribution in [3.05, 3.63) is 92.9 Å². The predicted molar refractivity (Wildman–Crippen MR) is 133 cm³/mol. The van der Waals surface area contributed by atoms with Gasteiger partial charge in [-0.15, -0.1) is 0 Å². The van der Waals surface area contributed by atoms with Crippen molar-refractivity contribution in [1.29, 1.82) is 0 Å². The molecule has 0 aliphatic heterocycles. The van der Waals surface area contributed by atoms with Gasteiger partial charge in [-0.2, -0.15) is 0 Å². The van der Waals surface area contributed by atoms with E-state index in [2.05, 4.69) is 10.3 Å². The number of pyridine rings is 1. The van der Waals surface area contributed by atoms with Crippen LogP contribution in [0.3, 0.4) is 0 Å². The highest BCUT2D eigenvalue weighted by Gasteiger charge is 2.19. The van der Waals surface area contributed by atoms with Crippen LogP contribution in [0, 0.1) is 0 Å². The van der Waals surface area contributed by atoms with E-state index >= 15 is 0 Å². The normalized spacial score (nSPS) is 10.8. The molecule has 0 saturated heterocycles. The molecule has 0 atom stereocenters. The third-order valence-electron chi connectivity index (χ3n) is 4.94. The van der Waals surface area contributed by atoms with Gasteiger partial charge >= 0.3 is 5.97 Å². The van der Waals surface area contributed by atoms with Gasteiger partial charge in [0.15, 0.2) is 0 Å². The Morgan fingerprint density at radius 1 is 0.909 bits per heavy atom. The number of fused-ring (bicyclic) bond motifs is 1. The van der Waals surface area contributed by atoms with Gasteiger partial charge in [-0.25, -0.2) is 9.78 Å². The quantitative estimate of drug-likeness (QED) is 0.231. The molecule has 0 aliphatic rings. The van der Waals surface area contributed by atoms with E-state index in [4.69, 9.17) is 39.5 Å². The van der Waals surface area contributed by atoms with Crippen molar-refractivity contribution in [1.82, 2.24) is 4.98 Å². The molecule has 4 aromatic rings. The Morgan fingerprint density at radius 3 is 2.42 bits per heavy atom. The average Bonchev–Trinajstić information content (AvgIpc) is 2.82. The maximum Gasteiger partial charge on any atom is 0.340 e. The van der Waals surface area contributed by atoms with Gasteiger partial charge in [-0.3, -0.25) is 4.79 Å². The molecular weight excluding hydrogens is 483 g/mol. The zero-order chi connectivity index (χ0) is 23.5. The molecule has 5 nitrogen and oxygen atoms in total. The number of para-hydroxylation sites is 2. The second-order valence-electron chi connectivity index (χ2n) is 7.02. The molecule has 33 heavy (non-hydrogen) atoms. The summed E-state index contributed by atoms with van der Waals surface area (Å²) in [5.74, 6) is -0.931. The van der Waals surface area contributed by atoms with Gasteiger partial charge in [-0.1, -0.05) is 65.1 Å². The Hall–Kier alpha value is -3.12. The number of esters is 1. The molecule has 1 aromatic heterocycles. The monoisotopic (exact) mass is 498 g/mol. The van der Waals surface area contributed by atoms with E-state index in [0.717, 1.165) is 0 Å². The number of rotatable bonds is 5. The SMILES string of the molecule is CCOC(=O)c1ccccc1NC(=O)c1cc(-c2ccc(Cl)c(Cl)c2Cl)nc2ccccc12. The zero-order valence-corrected chi connectivity index (χ0v) is 19.6. The van der Waals surface area contributed by atoms with E-state index in [9.17, 15) is 9.59 Å². The van der Waals surface area contributed by atoms with E-state index < -0.39 is 11.9 Å². The van der Waals surface area contributed by atoms with Gasteiger partial charge in [0.25, 0.3) is 5.91 Å². The minimum atomic E-state index is -0.517. The van der Waals surface area contributed by atoms with Crippen molar-refractivity contribution in [2.75, 3.05) is 11.9 Å². The summed E-state index contributed by atoms with van der Waals surface area (Å²) in [7, 11) is 0. The van der Waals surface area contributed by atoms with Crippen molar-refractivity contribution in [3.8, 4) is 11.3 Å². The molecule has 1 amide bonds. The summed E-state index contributed by atoms with van der Waals surface area (Å²) in [6.45, 7) is 1.95. The number of anilines is 1. The largest absolute Gasteiger partial charge is 0.462 e. The van der Waals surface area contributed by atoms with Crippen LogP contribution < -0.4 is 5.32 Å². The van der Waals surface area contributed by atoms with Crippen LogP contribution in [0.25, 0.3) is 22.2 Å². The van der Waals surface area contributed by atoms with Crippen LogP contribution in [0.4, 0.5) is 5.69 Å². The van der Waals surface area contributed by atoms with Gasteiger partial charge in [0, 0.05) is 10.9 Å². The lowest BCUT2D eigenvalue weighted by Gasteiger charge is -2.14. The number of hydrogen-bond donors (Lipinski definition) is 1. The number of amides is 1. The van der Waals surface area contributed by atoms with E-state index in [1.54, 1.807) is 61.5 Å². The minimum absolute atomic E-state index is 0.208. The number of ether oxygens (including phenoxy) is 1. The highest BCUT2D eigenvalue weighted by molar-refractivity contribution is 6.49. The molecule has 0 saturated carbocycles. The Bertz CT molecular complexity index is 1390. The lowest BCUT2D eigenvalue weighted by atomic mass is 10.0. The molecule has 0 unspecified atom stereocenters. The molecule has 3 aromatic carbocycles. The van der Waals surface area contributed by atoms with Crippen LogP contribution in [0.5, 0.6) is 0 Å². The van der Waals surface area contributed by atoms with Crippen LogP contribution in [0.2, 0.25) is 15.1 Å². The smallest absolute Gasteiger partial charge is 0.340 e. The highest BCUT2D eigenvalue weighted by atomic mass is 35.5. The first-order valence-corrected chi connectivity index (χ1v) is 11.1. The van der Waals surface area contributed by atoms with Gasteiger partial charge in [0.1, 0.15) is 0 Å². The molecule has 0 aliphatic carbocycles. The van der Waals surface area contributed by atoms with Gasteiger partial charge in [0.05, 0.1) is 49.7 Å². The van der Waals surface area contributed by atoms with E-state index in [1.807, 2.05) is 12.1 Å². The fourth-order valence-electron chi connectivity index (χ4n) is 3.39. The number of halogens is 3. The highest BCUT2D eigenvalue weighted by Crippen LogP contribution is 2.38. The number of carbonyl (C=O) groups excluding carboxylic acids is 2. The van der Waals surface area contributed by atoms with Gasteiger partial charge in [0.2, 0.25) is 0 Å². The molecule has 1 heterocycles.